The Morgan fingerprint density at radius 2 is 1.71 bits per heavy atom. The van der Waals surface area contributed by atoms with Crippen LogP contribution in [-0.4, -0.2) is 11.7 Å². The SMILES string of the molecule is NC(CO)c1cc(F)c(F)c(F)c1F. The monoisotopic (exact) mass is 209 g/mol. The van der Waals surface area contributed by atoms with Gasteiger partial charge in [-0.05, 0) is 6.07 Å². The zero-order valence-electron chi connectivity index (χ0n) is 6.90. The van der Waals surface area contributed by atoms with Crippen LogP contribution in [-0.2, 0) is 0 Å². The molecule has 0 amide bonds. The molecule has 78 valence electrons. The summed E-state index contributed by atoms with van der Waals surface area (Å²) in [6, 6.07) is -0.853. The lowest BCUT2D eigenvalue weighted by Crippen LogP contribution is -2.18. The highest BCUT2D eigenvalue weighted by atomic mass is 19.2. The molecule has 0 saturated heterocycles. The molecule has 0 radical (unpaired) electrons. The fourth-order valence-corrected chi connectivity index (χ4v) is 0.959. The molecule has 1 aromatic rings. The second-order valence-electron chi connectivity index (χ2n) is 2.68. The van der Waals surface area contributed by atoms with Crippen LogP contribution in [0.2, 0.25) is 0 Å². The van der Waals surface area contributed by atoms with E-state index in [0.717, 1.165) is 0 Å². The van der Waals surface area contributed by atoms with E-state index in [4.69, 9.17) is 10.8 Å². The smallest absolute Gasteiger partial charge is 0.197 e. The van der Waals surface area contributed by atoms with Gasteiger partial charge in [0.1, 0.15) is 0 Å². The van der Waals surface area contributed by atoms with Crippen molar-refractivity contribution in [3.63, 3.8) is 0 Å². The van der Waals surface area contributed by atoms with Gasteiger partial charge in [-0.1, -0.05) is 0 Å². The Kier molecular flexibility index (Phi) is 3.07. The number of nitrogens with two attached hydrogens (primary N) is 1. The van der Waals surface area contributed by atoms with Crippen molar-refractivity contribution in [2.24, 2.45) is 5.73 Å². The summed E-state index contributed by atoms with van der Waals surface area (Å²) in [5.74, 6) is -6.94. The van der Waals surface area contributed by atoms with Crippen molar-refractivity contribution in [3.8, 4) is 0 Å². The Hall–Kier alpha value is -1.14. The third kappa shape index (κ3) is 1.71. The molecule has 0 saturated carbocycles. The van der Waals surface area contributed by atoms with Gasteiger partial charge in [-0.2, -0.15) is 0 Å². The van der Waals surface area contributed by atoms with E-state index >= 15 is 0 Å². The average molecular weight is 209 g/mol. The van der Waals surface area contributed by atoms with Crippen LogP contribution in [0.4, 0.5) is 17.6 Å². The minimum atomic E-state index is -1.93. The molecule has 0 aliphatic rings. The molecular weight excluding hydrogens is 202 g/mol. The third-order valence-electron chi connectivity index (χ3n) is 1.73. The number of benzene rings is 1. The summed E-state index contributed by atoms with van der Waals surface area (Å²) < 4.78 is 50.6. The largest absolute Gasteiger partial charge is 0.394 e. The average Bonchev–Trinajstić information content (AvgIpc) is 2.19. The Labute approximate surface area is 77.0 Å². The molecular formula is C8H7F4NO. The summed E-state index contributed by atoms with van der Waals surface area (Å²) in [4.78, 5) is 0. The number of aliphatic hydroxyl groups excluding tert-OH is 1. The van der Waals surface area contributed by atoms with E-state index in [0.29, 0.717) is 6.07 Å². The lowest BCUT2D eigenvalue weighted by Gasteiger charge is -2.10. The van der Waals surface area contributed by atoms with Gasteiger partial charge in [0.15, 0.2) is 23.3 Å². The molecule has 3 N–H and O–H groups in total. The third-order valence-corrected chi connectivity index (χ3v) is 1.73. The molecule has 0 fully saturated rings. The van der Waals surface area contributed by atoms with Crippen LogP contribution in [0.5, 0.6) is 0 Å². The zero-order valence-corrected chi connectivity index (χ0v) is 6.90. The van der Waals surface area contributed by atoms with Crippen molar-refractivity contribution in [3.05, 3.63) is 34.9 Å². The van der Waals surface area contributed by atoms with E-state index in [-0.39, 0.29) is 0 Å². The second-order valence-corrected chi connectivity index (χ2v) is 2.68. The predicted octanol–water partition coefficient (Wildman–Crippen LogP) is 1.24. The molecule has 0 bridgehead atoms. The van der Waals surface area contributed by atoms with E-state index in [1.807, 2.05) is 0 Å². The summed E-state index contributed by atoms with van der Waals surface area (Å²) in [6.07, 6.45) is 0. The minimum Gasteiger partial charge on any atom is -0.394 e. The van der Waals surface area contributed by atoms with Crippen LogP contribution in [0.15, 0.2) is 6.07 Å². The van der Waals surface area contributed by atoms with Gasteiger partial charge in [-0.3, -0.25) is 0 Å². The van der Waals surface area contributed by atoms with Crippen molar-refractivity contribution in [1.82, 2.24) is 0 Å². The van der Waals surface area contributed by atoms with Crippen LogP contribution < -0.4 is 5.73 Å². The van der Waals surface area contributed by atoms with E-state index < -0.39 is 41.5 Å². The van der Waals surface area contributed by atoms with Crippen molar-refractivity contribution in [1.29, 1.82) is 0 Å². The van der Waals surface area contributed by atoms with Crippen molar-refractivity contribution in [2.75, 3.05) is 6.61 Å². The summed E-state index contributed by atoms with van der Waals surface area (Å²) >= 11 is 0. The molecule has 0 aromatic heterocycles. The van der Waals surface area contributed by atoms with Gasteiger partial charge in [0, 0.05) is 5.56 Å². The standard InChI is InChI=1S/C8H7F4NO/c9-4-1-3(5(13)2-14)6(10)8(12)7(4)11/h1,5,14H,2,13H2. The van der Waals surface area contributed by atoms with Gasteiger partial charge in [-0.15, -0.1) is 0 Å². The highest BCUT2D eigenvalue weighted by Gasteiger charge is 2.21. The van der Waals surface area contributed by atoms with E-state index in [1.165, 1.54) is 0 Å². The molecule has 1 unspecified atom stereocenters. The zero-order chi connectivity index (χ0) is 10.9. The number of hydrogen-bond acceptors (Lipinski definition) is 2. The topological polar surface area (TPSA) is 46.2 Å². The van der Waals surface area contributed by atoms with Gasteiger partial charge in [0.2, 0.25) is 0 Å². The number of rotatable bonds is 2. The number of hydrogen-bond donors (Lipinski definition) is 2. The maximum atomic E-state index is 12.9. The minimum absolute atomic E-state index is 0.425. The van der Waals surface area contributed by atoms with Gasteiger partial charge >= 0.3 is 0 Å². The molecule has 6 heteroatoms. The van der Waals surface area contributed by atoms with Crippen molar-refractivity contribution in [2.45, 2.75) is 6.04 Å². The van der Waals surface area contributed by atoms with Crippen LogP contribution >= 0.6 is 0 Å². The first-order chi connectivity index (χ1) is 6.49. The summed E-state index contributed by atoms with van der Waals surface area (Å²) in [5, 5.41) is 8.53. The number of aliphatic hydroxyl groups is 1. The second kappa shape index (κ2) is 3.93. The van der Waals surface area contributed by atoms with Gasteiger partial charge < -0.3 is 10.8 Å². The maximum absolute atomic E-state index is 12.9. The Morgan fingerprint density at radius 1 is 1.14 bits per heavy atom. The summed E-state index contributed by atoms with van der Waals surface area (Å²) in [5.41, 5.74) is 4.54. The van der Waals surface area contributed by atoms with Crippen molar-refractivity contribution < 1.29 is 22.7 Å². The number of halogens is 4. The van der Waals surface area contributed by atoms with Gasteiger partial charge in [0.25, 0.3) is 0 Å². The molecule has 1 atom stereocenters. The molecule has 0 aliphatic heterocycles. The fourth-order valence-electron chi connectivity index (χ4n) is 0.959. The molecule has 1 aromatic carbocycles. The summed E-state index contributed by atoms with van der Waals surface area (Å²) in [6.45, 7) is -0.693. The first-order valence-electron chi connectivity index (χ1n) is 3.68. The molecule has 0 heterocycles. The normalized spacial score (nSPS) is 13.0. The highest BCUT2D eigenvalue weighted by molar-refractivity contribution is 5.24. The van der Waals surface area contributed by atoms with Crippen LogP contribution in [0.25, 0.3) is 0 Å². The van der Waals surface area contributed by atoms with Crippen LogP contribution in [0, 0.1) is 23.3 Å². The molecule has 0 spiro atoms. The van der Waals surface area contributed by atoms with Gasteiger partial charge in [0.05, 0.1) is 12.6 Å². The maximum Gasteiger partial charge on any atom is 0.197 e. The molecule has 2 nitrogen and oxygen atoms in total. The lowest BCUT2D eigenvalue weighted by molar-refractivity contribution is 0.263. The van der Waals surface area contributed by atoms with Crippen LogP contribution in [0.3, 0.4) is 0 Å². The van der Waals surface area contributed by atoms with E-state index in [9.17, 15) is 17.6 Å². The van der Waals surface area contributed by atoms with E-state index in [2.05, 4.69) is 0 Å². The van der Waals surface area contributed by atoms with Crippen LogP contribution in [0.1, 0.15) is 11.6 Å². The first-order valence-corrected chi connectivity index (χ1v) is 3.68. The molecule has 0 aliphatic carbocycles. The van der Waals surface area contributed by atoms with Gasteiger partial charge in [-0.25, -0.2) is 17.6 Å². The lowest BCUT2D eigenvalue weighted by atomic mass is 10.1. The Morgan fingerprint density at radius 3 is 2.21 bits per heavy atom. The molecule has 14 heavy (non-hydrogen) atoms. The van der Waals surface area contributed by atoms with E-state index in [1.54, 1.807) is 0 Å². The summed E-state index contributed by atoms with van der Waals surface area (Å²) in [7, 11) is 0. The molecule has 1 rings (SSSR count). The quantitative estimate of drug-likeness (QED) is 0.437. The highest BCUT2D eigenvalue weighted by Crippen LogP contribution is 2.22. The predicted molar refractivity (Wildman–Crippen MR) is 40.3 cm³/mol. The Bertz CT molecular complexity index is 356. The first kappa shape index (κ1) is 10.9. The fraction of sp³-hybridized carbons (Fsp3) is 0.250. The Balaban J connectivity index is 3.33. The van der Waals surface area contributed by atoms with Crippen molar-refractivity contribution >= 4 is 0 Å².